The summed E-state index contributed by atoms with van der Waals surface area (Å²) in [5.41, 5.74) is -3.57. The molecule has 2 nitrogen and oxygen atoms in total. The molecule has 8 heteroatoms. The zero-order valence-electron chi connectivity index (χ0n) is 12.4. The maximum Gasteiger partial charge on any atom is 0.417 e. The van der Waals surface area contributed by atoms with Gasteiger partial charge in [-0.15, -0.1) is 5.12 Å². The Labute approximate surface area is 138 Å². The van der Waals surface area contributed by atoms with Crippen LogP contribution in [0.3, 0.4) is 0 Å². The van der Waals surface area contributed by atoms with Crippen molar-refractivity contribution in [2.75, 3.05) is 0 Å². The summed E-state index contributed by atoms with van der Waals surface area (Å²) in [6.07, 6.45) is -0.484. The van der Waals surface area contributed by atoms with Gasteiger partial charge in [0.15, 0.2) is 5.83 Å². The van der Waals surface area contributed by atoms with Crippen LogP contribution in [0.2, 0.25) is 0 Å². The first kappa shape index (κ1) is 17.3. The van der Waals surface area contributed by atoms with Crippen LogP contribution in [-0.2, 0) is 5.60 Å². The van der Waals surface area contributed by atoms with Gasteiger partial charge >= 0.3 is 12.0 Å². The van der Waals surface area contributed by atoms with Crippen molar-refractivity contribution >= 4 is 0 Å². The largest absolute Gasteiger partial charge is 0.417 e. The molecule has 1 aliphatic heterocycles. The Morgan fingerprint density at radius 2 is 1.32 bits per heavy atom. The fraction of sp³-hybridized carbons (Fsp3) is 0.176. The molecule has 1 N–H and O–H groups in total. The topological polar surface area (TPSA) is 23.5 Å². The highest BCUT2D eigenvalue weighted by atomic mass is 19.3. The second-order valence-electron chi connectivity index (χ2n) is 5.56. The third-order valence-corrected chi connectivity index (χ3v) is 4.08. The molecule has 0 bridgehead atoms. The minimum Gasteiger partial charge on any atom is -0.372 e. The smallest absolute Gasteiger partial charge is 0.372 e. The fourth-order valence-electron chi connectivity index (χ4n) is 2.63. The van der Waals surface area contributed by atoms with Crippen LogP contribution in [0.15, 0.2) is 66.6 Å². The van der Waals surface area contributed by atoms with Crippen molar-refractivity contribution in [1.82, 2.24) is 5.12 Å². The molecule has 2 aromatic rings. The van der Waals surface area contributed by atoms with Crippen LogP contribution in [0.4, 0.5) is 26.4 Å². The first-order valence-electron chi connectivity index (χ1n) is 7.09. The highest BCUT2D eigenvalue weighted by Gasteiger charge is 2.76. The van der Waals surface area contributed by atoms with E-state index >= 15 is 0 Å². The minimum absolute atomic E-state index is 0.484. The van der Waals surface area contributed by atoms with Gasteiger partial charge in [0, 0.05) is 0 Å². The molecule has 0 fully saturated rings. The predicted octanol–water partition coefficient (Wildman–Crippen LogP) is 4.78. The van der Waals surface area contributed by atoms with Crippen molar-refractivity contribution in [2.24, 2.45) is 0 Å². The van der Waals surface area contributed by atoms with Crippen LogP contribution in [0.25, 0.3) is 11.1 Å². The minimum atomic E-state index is -5.44. The summed E-state index contributed by atoms with van der Waals surface area (Å²) in [5.74, 6) is -7.57. The van der Waals surface area contributed by atoms with E-state index in [1.807, 2.05) is 0 Å². The lowest BCUT2D eigenvalue weighted by atomic mass is 9.82. The van der Waals surface area contributed by atoms with Crippen LogP contribution in [0.5, 0.6) is 0 Å². The van der Waals surface area contributed by atoms with Crippen LogP contribution >= 0.6 is 0 Å². The summed E-state index contributed by atoms with van der Waals surface area (Å²) in [6.45, 7) is 0. The lowest BCUT2D eigenvalue weighted by Crippen LogP contribution is -2.64. The quantitative estimate of drug-likeness (QED) is 0.474. The zero-order valence-corrected chi connectivity index (χ0v) is 12.4. The van der Waals surface area contributed by atoms with Crippen LogP contribution in [-0.4, -0.2) is 22.2 Å². The van der Waals surface area contributed by atoms with E-state index in [2.05, 4.69) is 0 Å². The third kappa shape index (κ3) is 2.31. The predicted molar refractivity (Wildman–Crippen MR) is 77.8 cm³/mol. The molecule has 1 atom stereocenters. The molecule has 3 rings (SSSR count). The van der Waals surface area contributed by atoms with Gasteiger partial charge in [-0.25, -0.2) is 4.39 Å². The summed E-state index contributed by atoms with van der Waals surface area (Å²) in [7, 11) is 0. The molecule has 0 radical (unpaired) electrons. The summed E-state index contributed by atoms with van der Waals surface area (Å²) in [5, 5.41) is 8.35. The third-order valence-electron chi connectivity index (χ3n) is 4.08. The van der Waals surface area contributed by atoms with Crippen molar-refractivity contribution in [3.8, 4) is 11.1 Å². The van der Waals surface area contributed by atoms with E-state index in [0.717, 1.165) is 12.1 Å². The number of rotatable bonds is 2. The Balaban J connectivity index is 2.09. The lowest BCUT2D eigenvalue weighted by molar-refractivity contribution is -0.374. The van der Waals surface area contributed by atoms with Crippen molar-refractivity contribution in [3.05, 3.63) is 72.2 Å². The number of nitrogens with zero attached hydrogens (tertiary/aromatic N) is 1. The average molecular weight is 359 g/mol. The Bertz CT molecular complexity index is 806. The molecule has 0 aliphatic carbocycles. The molecule has 0 spiro atoms. The van der Waals surface area contributed by atoms with Gasteiger partial charge in [-0.05, 0) is 16.7 Å². The van der Waals surface area contributed by atoms with Crippen molar-refractivity contribution < 1.29 is 31.5 Å². The zero-order chi connectivity index (χ0) is 18.5. The molecule has 25 heavy (non-hydrogen) atoms. The van der Waals surface area contributed by atoms with E-state index in [9.17, 15) is 31.5 Å². The van der Waals surface area contributed by atoms with Crippen LogP contribution < -0.4 is 0 Å². The molecular weight excluding hydrogens is 348 g/mol. The van der Waals surface area contributed by atoms with Gasteiger partial charge in [-0.1, -0.05) is 59.1 Å². The van der Waals surface area contributed by atoms with Crippen molar-refractivity contribution in [2.45, 2.75) is 17.6 Å². The van der Waals surface area contributed by atoms with Gasteiger partial charge in [0.2, 0.25) is 5.60 Å². The number of alkyl halides is 4. The Kier molecular flexibility index (Phi) is 3.83. The van der Waals surface area contributed by atoms with E-state index in [1.54, 1.807) is 30.3 Å². The second kappa shape index (κ2) is 5.52. The van der Waals surface area contributed by atoms with Crippen molar-refractivity contribution in [3.63, 3.8) is 0 Å². The van der Waals surface area contributed by atoms with Crippen molar-refractivity contribution in [1.29, 1.82) is 0 Å². The molecule has 1 heterocycles. The summed E-state index contributed by atoms with van der Waals surface area (Å²) >= 11 is 0. The first-order valence-corrected chi connectivity index (χ1v) is 7.09. The van der Waals surface area contributed by atoms with Gasteiger partial charge < -0.3 is 5.11 Å². The standard InChI is InChI=1S/C17H11F6NO/c18-14-10-24(23)17(21,22)16(19,20)15(14,25)13-8-6-12(7-9-13)11-4-2-1-3-5-11/h1-10,25H. The molecule has 0 aromatic heterocycles. The summed E-state index contributed by atoms with van der Waals surface area (Å²) < 4.78 is 82.1. The Morgan fingerprint density at radius 3 is 1.88 bits per heavy atom. The first-order chi connectivity index (χ1) is 11.6. The molecule has 1 aliphatic rings. The van der Waals surface area contributed by atoms with Crippen LogP contribution in [0, 0.1) is 0 Å². The fourth-order valence-corrected chi connectivity index (χ4v) is 2.63. The molecule has 0 saturated heterocycles. The van der Waals surface area contributed by atoms with Gasteiger partial charge in [0.05, 0.1) is 6.20 Å². The maximum absolute atomic E-state index is 14.1. The average Bonchev–Trinajstić information content (AvgIpc) is 2.60. The molecule has 0 amide bonds. The SMILES string of the molecule is OC1(c2ccc(-c3ccccc3)cc2)C(F)=CN(F)C(F)(F)C1(F)F. The van der Waals surface area contributed by atoms with Gasteiger partial charge in [-0.3, -0.25) is 0 Å². The van der Waals surface area contributed by atoms with Gasteiger partial charge in [0.25, 0.3) is 0 Å². The van der Waals surface area contributed by atoms with E-state index in [-0.39, 0.29) is 0 Å². The number of benzene rings is 2. The highest BCUT2D eigenvalue weighted by molar-refractivity contribution is 5.64. The van der Waals surface area contributed by atoms with E-state index in [0.29, 0.717) is 11.1 Å². The molecule has 132 valence electrons. The molecule has 2 aromatic carbocycles. The number of halogens is 6. The number of aliphatic hydroxyl groups is 1. The summed E-state index contributed by atoms with van der Waals surface area (Å²) in [4.78, 5) is 0. The number of hydrogen-bond donors (Lipinski definition) is 1. The van der Waals surface area contributed by atoms with Gasteiger partial charge in [0.1, 0.15) is 0 Å². The van der Waals surface area contributed by atoms with E-state index < -0.39 is 40.3 Å². The van der Waals surface area contributed by atoms with Crippen LogP contribution in [0.1, 0.15) is 5.56 Å². The molecule has 0 saturated carbocycles. The van der Waals surface area contributed by atoms with Gasteiger partial charge in [-0.2, -0.15) is 17.6 Å². The normalized spacial score (nSPS) is 24.8. The van der Waals surface area contributed by atoms with E-state index in [1.165, 1.54) is 12.1 Å². The lowest BCUT2D eigenvalue weighted by Gasteiger charge is -2.43. The summed E-state index contributed by atoms with van der Waals surface area (Å²) in [6, 6.07) is 7.56. The Morgan fingerprint density at radius 1 is 0.800 bits per heavy atom. The van der Waals surface area contributed by atoms with E-state index in [4.69, 9.17) is 0 Å². The Hall–Kier alpha value is -2.48. The molecule has 1 unspecified atom stereocenters. The molecular formula is C17H11F6NO. The maximum atomic E-state index is 14.1. The second-order valence-corrected chi connectivity index (χ2v) is 5.56. The monoisotopic (exact) mass is 359 g/mol. The number of hydrogen-bond acceptors (Lipinski definition) is 2. The highest BCUT2D eigenvalue weighted by Crippen LogP contribution is 2.56.